The topological polar surface area (TPSA) is 82.8 Å². The van der Waals surface area contributed by atoms with Crippen LogP contribution in [0.1, 0.15) is 31.4 Å². The number of rotatable bonds is 4. The summed E-state index contributed by atoms with van der Waals surface area (Å²) < 4.78 is 26.5. The monoisotopic (exact) mass is 265 g/mol. The van der Waals surface area contributed by atoms with Gasteiger partial charge in [0.2, 0.25) is 10.0 Å². The van der Waals surface area contributed by atoms with Crippen molar-refractivity contribution in [2.75, 3.05) is 6.54 Å². The van der Waals surface area contributed by atoms with Crippen LogP contribution in [-0.4, -0.2) is 19.9 Å². The van der Waals surface area contributed by atoms with Crippen LogP contribution >= 0.6 is 0 Å². The van der Waals surface area contributed by atoms with Gasteiger partial charge in [0.05, 0.1) is 0 Å². The number of pyridine rings is 1. The molecule has 2 rings (SSSR count). The van der Waals surface area contributed by atoms with Crippen LogP contribution in [0, 0.1) is 17.2 Å². The van der Waals surface area contributed by atoms with Gasteiger partial charge in [0, 0.05) is 12.7 Å². The molecule has 0 saturated heterocycles. The molecule has 0 spiro atoms. The molecule has 0 radical (unpaired) electrons. The van der Waals surface area contributed by atoms with Gasteiger partial charge in [-0.25, -0.2) is 18.1 Å². The Balaban J connectivity index is 2.02. The van der Waals surface area contributed by atoms with E-state index in [2.05, 4.69) is 9.71 Å². The van der Waals surface area contributed by atoms with Crippen LogP contribution in [0.15, 0.2) is 23.2 Å². The fourth-order valence-electron chi connectivity index (χ4n) is 2.13. The summed E-state index contributed by atoms with van der Waals surface area (Å²) in [6, 6.07) is 4.67. The zero-order chi connectivity index (χ0) is 13.0. The van der Waals surface area contributed by atoms with Crippen LogP contribution in [0.4, 0.5) is 0 Å². The maximum absolute atomic E-state index is 12.0. The molecular formula is C12H15N3O2S. The van der Waals surface area contributed by atoms with E-state index in [9.17, 15) is 8.42 Å². The van der Waals surface area contributed by atoms with Crippen molar-refractivity contribution in [3.63, 3.8) is 0 Å². The average molecular weight is 265 g/mol. The Bertz CT molecular complexity index is 540. The van der Waals surface area contributed by atoms with Crippen molar-refractivity contribution in [2.45, 2.75) is 30.6 Å². The van der Waals surface area contributed by atoms with E-state index in [1.54, 1.807) is 0 Å². The highest BCUT2D eigenvalue weighted by Gasteiger charge is 2.19. The van der Waals surface area contributed by atoms with E-state index in [-0.39, 0.29) is 10.6 Å². The van der Waals surface area contributed by atoms with Gasteiger partial charge < -0.3 is 0 Å². The van der Waals surface area contributed by atoms with E-state index in [0.29, 0.717) is 12.5 Å². The molecule has 1 aromatic rings. The van der Waals surface area contributed by atoms with Crippen LogP contribution in [0.3, 0.4) is 0 Å². The first kappa shape index (κ1) is 13.0. The second-order valence-corrected chi connectivity index (χ2v) is 6.26. The van der Waals surface area contributed by atoms with Gasteiger partial charge in [0.1, 0.15) is 16.7 Å². The van der Waals surface area contributed by atoms with Gasteiger partial charge in [0.25, 0.3) is 0 Å². The summed E-state index contributed by atoms with van der Waals surface area (Å²) in [5, 5.41) is 8.60. The summed E-state index contributed by atoms with van der Waals surface area (Å²) in [6.45, 7) is 0.488. The molecule has 18 heavy (non-hydrogen) atoms. The summed E-state index contributed by atoms with van der Waals surface area (Å²) in [6.07, 6.45) is 5.77. The molecule has 0 atom stereocenters. The second kappa shape index (κ2) is 5.46. The minimum absolute atomic E-state index is 0.111. The Kier molecular flexibility index (Phi) is 3.94. The van der Waals surface area contributed by atoms with Crippen LogP contribution in [0.25, 0.3) is 0 Å². The third kappa shape index (κ3) is 3.06. The van der Waals surface area contributed by atoms with Gasteiger partial charge in [-0.05, 0) is 30.9 Å². The predicted octanol–water partition coefficient (Wildman–Crippen LogP) is 1.42. The molecule has 6 heteroatoms. The Labute approximate surface area is 107 Å². The van der Waals surface area contributed by atoms with Gasteiger partial charge >= 0.3 is 0 Å². The Hall–Kier alpha value is -1.45. The molecule has 0 aliphatic heterocycles. The zero-order valence-electron chi connectivity index (χ0n) is 9.96. The van der Waals surface area contributed by atoms with Crippen molar-refractivity contribution < 1.29 is 8.42 Å². The number of nitrogens with one attached hydrogen (secondary N) is 1. The van der Waals surface area contributed by atoms with E-state index in [4.69, 9.17) is 5.26 Å². The number of hydrogen-bond acceptors (Lipinski definition) is 4. The van der Waals surface area contributed by atoms with Gasteiger partial charge in [-0.1, -0.05) is 12.8 Å². The molecular weight excluding hydrogens is 250 g/mol. The molecule has 1 aliphatic carbocycles. The highest BCUT2D eigenvalue weighted by molar-refractivity contribution is 7.89. The predicted molar refractivity (Wildman–Crippen MR) is 66.1 cm³/mol. The molecule has 0 amide bonds. The SMILES string of the molecule is N#Cc1ccc(S(=O)(=O)NCC2CCCC2)cn1. The lowest BCUT2D eigenvalue weighted by molar-refractivity contribution is 0.519. The quantitative estimate of drug-likeness (QED) is 0.892. The summed E-state index contributed by atoms with van der Waals surface area (Å²) in [7, 11) is -3.49. The Morgan fingerprint density at radius 1 is 1.39 bits per heavy atom. The highest BCUT2D eigenvalue weighted by Crippen LogP contribution is 2.24. The molecule has 1 heterocycles. The molecule has 5 nitrogen and oxygen atoms in total. The number of aromatic nitrogens is 1. The fourth-order valence-corrected chi connectivity index (χ4v) is 3.19. The summed E-state index contributed by atoms with van der Waals surface area (Å²) in [5.74, 6) is 0.450. The van der Waals surface area contributed by atoms with Crippen LogP contribution < -0.4 is 4.72 Å². The largest absolute Gasteiger partial charge is 0.244 e. The molecule has 0 unspecified atom stereocenters. The lowest BCUT2D eigenvalue weighted by Gasteiger charge is -2.10. The van der Waals surface area contributed by atoms with E-state index >= 15 is 0 Å². The van der Waals surface area contributed by atoms with Gasteiger partial charge in [-0.15, -0.1) is 0 Å². The maximum atomic E-state index is 12.0. The molecule has 96 valence electrons. The summed E-state index contributed by atoms with van der Waals surface area (Å²) >= 11 is 0. The maximum Gasteiger partial charge on any atom is 0.242 e. The van der Waals surface area contributed by atoms with Crippen molar-refractivity contribution in [3.05, 3.63) is 24.0 Å². The first-order valence-corrected chi connectivity index (χ1v) is 7.46. The third-order valence-electron chi connectivity index (χ3n) is 3.20. The molecule has 1 aromatic heterocycles. The lowest BCUT2D eigenvalue weighted by atomic mass is 10.1. The van der Waals surface area contributed by atoms with E-state index < -0.39 is 10.0 Å². The molecule has 1 saturated carbocycles. The van der Waals surface area contributed by atoms with Crippen molar-refractivity contribution >= 4 is 10.0 Å². The first-order chi connectivity index (χ1) is 8.62. The minimum Gasteiger partial charge on any atom is -0.244 e. The minimum atomic E-state index is -3.49. The van der Waals surface area contributed by atoms with Crippen molar-refractivity contribution in [1.82, 2.24) is 9.71 Å². The average Bonchev–Trinajstić information content (AvgIpc) is 2.90. The van der Waals surface area contributed by atoms with Gasteiger partial charge in [0.15, 0.2) is 0 Å². The van der Waals surface area contributed by atoms with E-state index in [1.165, 1.54) is 31.2 Å². The summed E-state index contributed by atoms with van der Waals surface area (Å²) in [4.78, 5) is 3.87. The van der Waals surface area contributed by atoms with Crippen LogP contribution in [0.5, 0.6) is 0 Å². The van der Waals surface area contributed by atoms with E-state index in [0.717, 1.165) is 12.8 Å². The Morgan fingerprint density at radius 3 is 2.67 bits per heavy atom. The molecule has 1 fully saturated rings. The lowest BCUT2D eigenvalue weighted by Crippen LogP contribution is -2.28. The number of nitrogens with zero attached hydrogens (tertiary/aromatic N) is 2. The Morgan fingerprint density at radius 2 is 2.11 bits per heavy atom. The number of hydrogen-bond donors (Lipinski definition) is 1. The molecule has 1 N–H and O–H groups in total. The standard InChI is InChI=1S/C12H15N3O2S/c13-7-11-5-6-12(9-14-11)18(16,17)15-8-10-3-1-2-4-10/h5-6,9-10,15H,1-4,8H2. The number of nitriles is 1. The van der Waals surface area contributed by atoms with Gasteiger partial charge in [-0.2, -0.15) is 5.26 Å². The second-order valence-electron chi connectivity index (χ2n) is 4.49. The zero-order valence-corrected chi connectivity index (χ0v) is 10.8. The molecule has 1 aliphatic rings. The van der Waals surface area contributed by atoms with Crippen molar-refractivity contribution in [3.8, 4) is 6.07 Å². The van der Waals surface area contributed by atoms with Crippen molar-refractivity contribution in [2.24, 2.45) is 5.92 Å². The number of sulfonamides is 1. The van der Waals surface area contributed by atoms with Crippen LogP contribution in [-0.2, 0) is 10.0 Å². The normalized spacial score (nSPS) is 16.6. The third-order valence-corrected chi connectivity index (χ3v) is 4.61. The smallest absolute Gasteiger partial charge is 0.242 e. The highest BCUT2D eigenvalue weighted by atomic mass is 32.2. The van der Waals surface area contributed by atoms with Crippen LogP contribution in [0.2, 0.25) is 0 Å². The first-order valence-electron chi connectivity index (χ1n) is 5.97. The summed E-state index contributed by atoms with van der Waals surface area (Å²) in [5.41, 5.74) is 0.213. The fraction of sp³-hybridized carbons (Fsp3) is 0.500. The molecule has 0 aromatic carbocycles. The molecule has 0 bridgehead atoms. The van der Waals surface area contributed by atoms with Crippen molar-refractivity contribution in [1.29, 1.82) is 5.26 Å². The van der Waals surface area contributed by atoms with E-state index in [1.807, 2.05) is 6.07 Å². The van der Waals surface area contributed by atoms with Gasteiger partial charge in [-0.3, -0.25) is 0 Å².